The van der Waals surface area contributed by atoms with Gasteiger partial charge in [-0.2, -0.15) is 0 Å². The van der Waals surface area contributed by atoms with Gasteiger partial charge in [0.05, 0.1) is 24.7 Å². The molecule has 0 spiro atoms. The third-order valence-corrected chi connectivity index (χ3v) is 4.11. The van der Waals surface area contributed by atoms with Gasteiger partial charge in [-0.05, 0) is 17.7 Å². The monoisotopic (exact) mass is 380 g/mol. The molecule has 146 valence electrons. The third kappa shape index (κ3) is 5.00. The molecule has 0 saturated carbocycles. The van der Waals surface area contributed by atoms with Crippen molar-refractivity contribution in [1.82, 2.24) is 25.5 Å². The van der Waals surface area contributed by atoms with E-state index < -0.39 is 0 Å². The molecule has 3 rings (SSSR count). The number of carbonyl (C=O) groups is 1. The molecular weight excluding hydrogens is 356 g/mol. The topological polar surface area (TPSA) is 98.5 Å². The number of hydrogen-bond donors (Lipinski definition) is 3. The smallest absolute Gasteiger partial charge is 0.287 e. The summed E-state index contributed by atoms with van der Waals surface area (Å²) in [4.78, 5) is 25.8. The fourth-order valence-corrected chi connectivity index (χ4v) is 2.74. The Balaban J connectivity index is 1.47. The van der Waals surface area contributed by atoms with Crippen LogP contribution < -0.4 is 10.6 Å². The van der Waals surface area contributed by atoms with Crippen molar-refractivity contribution < 1.29 is 9.21 Å². The summed E-state index contributed by atoms with van der Waals surface area (Å²) < 4.78 is 5.06. The predicted octanol–water partition coefficient (Wildman–Crippen LogP) is 2.11. The number of aliphatic imine (C=N–C) groups is 1. The van der Waals surface area contributed by atoms with Crippen molar-refractivity contribution in [3.05, 3.63) is 66.5 Å². The van der Waals surface area contributed by atoms with Crippen LogP contribution in [0.2, 0.25) is 0 Å². The van der Waals surface area contributed by atoms with Gasteiger partial charge in [0.1, 0.15) is 5.82 Å². The number of imidazole rings is 1. The second-order valence-electron chi connectivity index (χ2n) is 6.17. The Labute approximate surface area is 163 Å². The zero-order valence-electron chi connectivity index (χ0n) is 16.0. The molecule has 8 nitrogen and oxygen atoms in total. The number of amides is 1. The Morgan fingerprint density at radius 2 is 1.96 bits per heavy atom. The molecule has 0 aliphatic carbocycles. The van der Waals surface area contributed by atoms with E-state index in [0.717, 1.165) is 17.1 Å². The normalized spacial score (nSPS) is 11.3. The van der Waals surface area contributed by atoms with Crippen molar-refractivity contribution >= 4 is 11.9 Å². The molecule has 2 aromatic heterocycles. The molecule has 1 aromatic carbocycles. The minimum absolute atomic E-state index is 0.237. The van der Waals surface area contributed by atoms with E-state index in [1.165, 1.54) is 6.26 Å². The number of nitrogens with one attached hydrogen (secondary N) is 3. The minimum Gasteiger partial charge on any atom is -0.459 e. The van der Waals surface area contributed by atoms with Crippen LogP contribution in [0.15, 0.2) is 64.3 Å². The largest absolute Gasteiger partial charge is 0.459 e. The molecule has 0 fully saturated rings. The van der Waals surface area contributed by atoms with Gasteiger partial charge < -0.3 is 24.9 Å². The number of hydrogen-bond acceptors (Lipinski definition) is 4. The second-order valence-corrected chi connectivity index (χ2v) is 6.17. The number of furan rings is 1. The van der Waals surface area contributed by atoms with E-state index >= 15 is 0 Å². The fraction of sp³-hybridized carbons (Fsp3) is 0.250. The Kier molecular flexibility index (Phi) is 6.46. The summed E-state index contributed by atoms with van der Waals surface area (Å²) in [5.74, 6) is 1.62. The number of H-pyrrole nitrogens is 1. The van der Waals surface area contributed by atoms with Crippen molar-refractivity contribution in [2.45, 2.75) is 6.54 Å². The SMILES string of the molecule is CN=C(NCCNC(=O)c1ccco1)N(C)Cc1ncc(-c2ccccc2)[nH]1. The first-order valence-electron chi connectivity index (χ1n) is 9.00. The van der Waals surface area contributed by atoms with Gasteiger partial charge >= 0.3 is 0 Å². The molecule has 0 bridgehead atoms. The summed E-state index contributed by atoms with van der Waals surface area (Å²) in [6.07, 6.45) is 3.31. The maximum Gasteiger partial charge on any atom is 0.287 e. The number of benzene rings is 1. The summed E-state index contributed by atoms with van der Waals surface area (Å²) in [6.45, 7) is 1.56. The molecule has 2 heterocycles. The fourth-order valence-electron chi connectivity index (χ4n) is 2.74. The van der Waals surface area contributed by atoms with E-state index in [9.17, 15) is 4.79 Å². The average molecular weight is 380 g/mol. The van der Waals surface area contributed by atoms with Crippen LogP contribution in [0.5, 0.6) is 0 Å². The lowest BCUT2D eigenvalue weighted by Gasteiger charge is -2.21. The van der Waals surface area contributed by atoms with Gasteiger partial charge in [0.2, 0.25) is 0 Å². The van der Waals surface area contributed by atoms with Crippen molar-refractivity contribution in [2.75, 3.05) is 27.2 Å². The van der Waals surface area contributed by atoms with Crippen LogP contribution in [0.3, 0.4) is 0 Å². The minimum atomic E-state index is -0.237. The molecule has 1 amide bonds. The van der Waals surface area contributed by atoms with E-state index in [4.69, 9.17) is 4.42 Å². The van der Waals surface area contributed by atoms with Gasteiger partial charge in [0, 0.05) is 27.2 Å². The van der Waals surface area contributed by atoms with E-state index in [2.05, 4.69) is 25.6 Å². The van der Waals surface area contributed by atoms with Gasteiger partial charge in [0.15, 0.2) is 11.7 Å². The number of guanidine groups is 1. The number of aromatic nitrogens is 2. The first kappa shape index (κ1) is 19.2. The molecule has 3 N–H and O–H groups in total. The number of nitrogens with zero attached hydrogens (tertiary/aromatic N) is 3. The summed E-state index contributed by atoms with van der Waals surface area (Å²) in [5.41, 5.74) is 2.08. The molecule has 8 heteroatoms. The highest BCUT2D eigenvalue weighted by Gasteiger charge is 2.11. The Morgan fingerprint density at radius 1 is 1.18 bits per heavy atom. The number of carbonyl (C=O) groups excluding carboxylic acids is 1. The summed E-state index contributed by atoms with van der Waals surface area (Å²) >= 11 is 0. The Morgan fingerprint density at radius 3 is 2.68 bits per heavy atom. The van der Waals surface area contributed by atoms with Gasteiger partial charge in [-0.1, -0.05) is 30.3 Å². The van der Waals surface area contributed by atoms with Gasteiger partial charge in [0.25, 0.3) is 5.91 Å². The Bertz CT molecular complexity index is 902. The van der Waals surface area contributed by atoms with Crippen molar-refractivity contribution in [3.63, 3.8) is 0 Å². The molecule has 0 aliphatic rings. The number of aromatic amines is 1. The zero-order valence-corrected chi connectivity index (χ0v) is 16.0. The van der Waals surface area contributed by atoms with Crippen LogP contribution in [0.25, 0.3) is 11.3 Å². The van der Waals surface area contributed by atoms with Crippen LogP contribution in [0.1, 0.15) is 16.4 Å². The molecule has 0 radical (unpaired) electrons. The van der Waals surface area contributed by atoms with Crippen molar-refractivity contribution in [2.24, 2.45) is 4.99 Å². The molecule has 28 heavy (non-hydrogen) atoms. The highest BCUT2D eigenvalue weighted by atomic mass is 16.3. The van der Waals surface area contributed by atoms with E-state index in [1.807, 2.05) is 48.5 Å². The molecule has 3 aromatic rings. The quantitative estimate of drug-likeness (QED) is 0.331. The molecular formula is C20H24N6O2. The highest BCUT2D eigenvalue weighted by molar-refractivity contribution is 5.91. The lowest BCUT2D eigenvalue weighted by atomic mass is 10.2. The molecule has 0 saturated heterocycles. The van der Waals surface area contributed by atoms with Crippen LogP contribution >= 0.6 is 0 Å². The first-order chi connectivity index (χ1) is 13.7. The van der Waals surface area contributed by atoms with Crippen LogP contribution in [-0.4, -0.2) is 53.9 Å². The first-order valence-corrected chi connectivity index (χ1v) is 9.00. The Hall–Kier alpha value is -3.55. The van der Waals surface area contributed by atoms with Crippen molar-refractivity contribution in [1.29, 1.82) is 0 Å². The maximum atomic E-state index is 11.8. The summed E-state index contributed by atoms with van der Waals surface area (Å²) in [7, 11) is 3.65. The number of rotatable bonds is 7. The lowest BCUT2D eigenvalue weighted by Crippen LogP contribution is -2.42. The van der Waals surface area contributed by atoms with Crippen LogP contribution in [-0.2, 0) is 6.54 Å². The summed E-state index contributed by atoms with van der Waals surface area (Å²) in [5, 5.41) is 6.00. The van der Waals surface area contributed by atoms with Crippen LogP contribution in [0, 0.1) is 0 Å². The van der Waals surface area contributed by atoms with E-state index in [0.29, 0.717) is 31.4 Å². The van der Waals surface area contributed by atoms with Crippen molar-refractivity contribution in [3.8, 4) is 11.3 Å². The van der Waals surface area contributed by atoms with Gasteiger partial charge in [-0.15, -0.1) is 0 Å². The standard InChI is InChI=1S/C20H24N6O2/c1-21-20(23-11-10-22-19(27)17-9-6-12-28-17)26(2)14-18-24-13-16(25-18)15-7-4-3-5-8-15/h3-9,12-13H,10-11,14H2,1-2H3,(H,21,23)(H,22,27)(H,24,25). The molecule has 0 unspecified atom stereocenters. The summed E-state index contributed by atoms with van der Waals surface area (Å²) in [6, 6.07) is 13.4. The van der Waals surface area contributed by atoms with Gasteiger partial charge in [-0.25, -0.2) is 4.98 Å². The maximum absolute atomic E-state index is 11.8. The van der Waals surface area contributed by atoms with E-state index in [-0.39, 0.29) is 5.91 Å². The van der Waals surface area contributed by atoms with Crippen LogP contribution in [0.4, 0.5) is 0 Å². The third-order valence-electron chi connectivity index (χ3n) is 4.11. The average Bonchev–Trinajstić information content (AvgIpc) is 3.41. The van der Waals surface area contributed by atoms with E-state index in [1.54, 1.807) is 19.2 Å². The van der Waals surface area contributed by atoms with Gasteiger partial charge in [-0.3, -0.25) is 9.79 Å². The lowest BCUT2D eigenvalue weighted by molar-refractivity contribution is 0.0926. The molecule has 0 aliphatic heterocycles. The molecule has 0 atom stereocenters. The zero-order chi connectivity index (χ0) is 19.8. The predicted molar refractivity (Wildman–Crippen MR) is 108 cm³/mol. The second kappa shape index (κ2) is 9.40. The highest BCUT2D eigenvalue weighted by Crippen LogP contribution is 2.16.